The van der Waals surface area contributed by atoms with E-state index in [9.17, 15) is 14.0 Å². The highest BCUT2D eigenvalue weighted by molar-refractivity contribution is 6.33. The van der Waals surface area contributed by atoms with Crippen LogP contribution >= 0.6 is 11.6 Å². The third kappa shape index (κ3) is 5.59. The lowest BCUT2D eigenvalue weighted by molar-refractivity contribution is 0.0762. The van der Waals surface area contributed by atoms with Gasteiger partial charge in [-0.05, 0) is 42.8 Å². The molecule has 2 aromatic carbocycles. The molecule has 2 N–H and O–H groups in total. The third-order valence-electron chi connectivity index (χ3n) is 5.34. The van der Waals surface area contributed by atoms with Gasteiger partial charge >= 0.3 is 6.03 Å². The van der Waals surface area contributed by atoms with Gasteiger partial charge in [-0.1, -0.05) is 35.9 Å². The Morgan fingerprint density at radius 3 is 2.45 bits per heavy atom. The number of halogens is 2. The standard InChI is InChI=1S/C24H23ClFN5O2/c25-19-7-2-4-9-21(19)29-24(33)28-17-10-11-22(27-16-17)30-12-5-13-31(15-14-30)23(32)18-6-1-3-8-20(18)26/h1-4,6-11,16H,5,12-15H2,(H2,28,29,33). The minimum atomic E-state index is -0.507. The van der Waals surface area contributed by atoms with E-state index in [0.717, 1.165) is 12.2 Å². The molecule has 2 heterocycles. The van der Waals surface area contributed by atoms with Crippen molar-refractivity contribution in [3.05, 3.63) is 83.3 Å². The minimum Gasteiger partial charge on any atom is -0.355 e. The predicted molar refractivity (Wildman–Crippen MR) is 127 cm³/mol. The highest BCUT2D eigenvalue weighted by Gasteiger charge is 2.22. The first kappa shape index (κ1) is 22.5. The Labute approximate surface area is 196 Å². The lowest BCUT2D eigenvalue weighted by atomic mass is 10.2. The zero-order chi connectivity index (χ0) is 23.2. The molecular weight excluding hydrogens is 445 g/mol. The molecule has 1 aromatic heterocycles. The van der Waals surface area contributed by atoms with Crippen molar-refractivity contribution in [3.63, 3.8) is 0 Å². The molecule has 170 valence electrons. The van der Waals surface area contributed by atoms with Crippen LogP contribution in [0.4, 0.5) is 26.4 Å². The summed E-state index contributed by atoms with van der Waals surface area (Å²) in [5, 5.41) is 5.87. The van der Waals surface area contributed by atoms with E-state index in [4.69, 9.17) is 11.6 Å². The zero-order valence-corrected chi connectivity index (χ0v) is 18.6. The molecule has 9 heteroatoms. The van der Waals surface area contributed by atoms with Crippen molar-refractivity contribution >= 4 is 40.7 Å². The monoisotopic (exact) mass is 467 g/mol. The Morgan fingerprint density at radius 2 is 1.70 bits per heavy atom. The Morgan fingerprint density at radius 1 is 0.909 bits per heavy atom. The van der Waals surface area contributed by atoms with Crippen molar-refractivity contribution in [3.8, 4) is 0 Å². The number of hydrogen-bond acceptors (Lipinski definition) is 4. The molecule has 4 rings (SSSR count). The normalized spacial score (nSPS) is 13.9. The number of nitrogens with one attached hydrogen (secondary N) is 2. The molecule has 0 spiro atoms. The molecule has 3 amide bonds. The highest BCUT2D eigenvalue weighted by Crippen LogP contribution is 2.21. The molecule has 1 aliphatic heterocycles. The number of nitrogens with zero attached hydrogens (tertiary/aromatic N) is 3. The van der Waals surface area contributed by atoms with E-state index in [1.807, 2.05) is 6.07 Å². The molecule has 1 fully saturated rings. The fourth-order valence-corrected chi connectivity index (χ4v) is 3.83. The van der Waals surface area contributed by atoms with Gasteiger partial charge in [0.05, 0.1) is 28.2 Å². The van der Waals surface area contributed by atoms with E-state index in [1.165, 1.54) is 12.1 Å². The fraction of sp³-hybridized carbons (Fsp3) is 0.208. The molecule has 0 aliphatic carbocycles. The summed E-state index contributed by atoms with van der Waals surface area (Å²) in [5.74, 6) is -0.0637. The summed E-state index contributed by atoms with van der Waals surface area (Å²) in [6.07, 6.45) is 2.32. The van der Waals surface area contributed by atoms with Crippen LogP contribution in [0.5, 0.6) is 0 Å². The van der Waals surface area contributed by atoms with Crippen LogP contribution in [-0.2, 0) is 0 Å². The van der Waals surface area contributed by atoms with Crippen molar-refractivity contribution in [2.24, 2.45) is 0 Å². The van der Waals surface area contributed by atoms with E-state index in [0.29, 0.717) is 42.6 Å². The quantitative estimate of drug-likeness (QED) is 0.573. The number of carbonyl (C=O) groups is 2. The number of anilines is 3. The first-order valence-electron chi connectivity index (χ1n) is 10.6. The maximum atomic E-state index is 14.0. The Kier molecular flexibility index (Phi) is 7.04. The number of benzene rings is 2. The lowest BCUT2D eigenvalue weighted by Crippen LogP contribution is -2.35. The van der Waals surface area contributed by atoms with Crippen molar-refractivity contribution in [2.75, 3.05) is 41.7 Å². The van der Waals surface area contributed by atoms with Gasteiger partial charge in [-0.2, -0.15) is 0 Å². The smallest absolute Gasteiger partial charge is 0.323 e. The van der Waals surface area contributed by atoms with Crippen LogP contribution in [0.3, 0.4) is 0 Å². The van der Waals surface area contributed by atoms with E-state index < -0.39 is 11.8 Å². The Hall–Kier alpha value is -3.65. The van der Waals surface area contributed by atoms with E-state index in [-0.39, 0.29) is 11.5 Å². The first-order valence-corrected chi connectivity index (χ1v) is 11.0. The van der Waals surface area contributed by atoms with Gasteiger partial charge in [-0.15, -0.1) is 0 Å². The molecule has 3 aromatic rings. The average molecular weight is 468 g/mol. The minimum absolute atomic E-state index is 0.0922. The van der Waals surface area contributed by atoms with Gasteiger partial charge in [-0.25, -0.2) is 14.2 Å². The van der Waals surface area contributed by atoms with Gasteiger partial charge in [0.2, 0.25) is 0 Å². The number of aromatic nitrogens is 1. The van der Waals surface area contributed by atoms with Gasteiger partial charge in [-0.3, -0.25) is 4.79 Å². The van der Waals surface area contributed by atoms with E-state index in [1.54, 1.807) is 53.6 Å². The summed E-state index contributed by atoms with van der Waals surface area (Å²) in [6, 6.07) is 16.2. The second-order valence-electron chi connectivity index (χ2n) is 7.58. The summed E-state index contributed by atoms with van der Waals surface area (Å²) < 4.78 is 14.0. The number of amides is 3. The summed E-state index contributed by atoms with van der Waals surface area (Å²) in [5.41, 5.74) is 1.14. The number of rotatable bonds is 4. The number of para-hydroxylation sites is 1. The average Bonchev–Trinajstić information content (AvgIpc) is 3.07. The summed E-state index contributed by atoms with van der Waals surface area (Å²) in [4.78, 5) is 33.1. The third-order valence-corrected chi connectivity index (χ3v) is 5.67. The molecule has 7 nitrogen and oxygen atoms in total. The number of pyridine rings is 1. The number of urea groups is 1. The van der Waals surface area contributed by atoms with Crippen LogP contribution < -0.4 is 15.5 Å². The molecule has 0 bridgehead atoms. The molecule has 0 radical (unpaired) electrons. The largest absolute Gasteiger partial charge is 0.355 e. The van der Waals surface area contributed by atoms with Crippen LogP contribution in [0.25, 0.3) is 0 Å². The van der Waals surface area contributed by atoms with Crippen LogP contribution in [0.1, 0.15) is 16.8 Å². The molecule has 33 heavy (non-hydrogen) atoms. The van der Waals surface area contributed by atoms with Gasteiger partial charge in [0.15, 0.2) is 0 Å². The van der Waals surface area contributed by atoms with Gasteiger partial charge in [0.1, 0.15) is 11.6 Å². The van der Waals surface area contributed by atoms with Crippen LogP contribution in [0.15, 0.2) is 66.9 Å². The predicted octanol–water partition coefficient (Wildman–Crippen LogP) is 4.87. The Bertz CT molecular complexity index is 1140. The zero-order valence-electron chi connectivity index (χ0n) is 17.8. The second-order valence-corrected chi connectivity index (χ2v) is 7.98. The van der Waals surface area contributed by atoms with E-state index in [2.05, 4.69) is 20.5 Å². The van der Waals surface area contributed by atoms with Crippen LogP contribution in [0, 0.1) is 5.82 Å². The van der Waals surface area contributed by atoms with Crippen LogP contribution in [-0.4, -0.2) is 48.0 Å². The lowest BCUT2D eigenvalue weighted by Gasteiger charge is -2.23. The summed E-state index contributed by atoms with van der Waals surface area (Å²) in [7, 11) is 0. The Balaban J connectivity index is 1.34. The molecular formula is C24H23ClFN5O2. The fourth-order valence-electron chi connectivity index (χ4n) is 3.65. The molecule has 1 aliphatic rings. The van der Waals surface area contributed by atoms with Crippen LogP contribution in [0.2, 0.25) is 5.02 Å². The van der Waals surface area contributed by atoms with Crippen molar-refractivity contribution in [1.82, 2.24) is 9.88 Å². The summed E-state index contributed by atoms with van der Waals surface area (Å²) >= 11 is 6.06. The maximum absolute atomic E-state index is 14.0. The molecule has 0 atom stereocenters. The second kappa shape index (κ2) is 10.3. The molecule has 0 saturated carbocycles. The maximum Gasteiger partial charge on any atom is 0.323 e. The van der Waals surface area contributed by atoms with Gasteiger partial charge in [0.25, 0.3) is 5.91 Å². The number of carbonyl (C=O) groups excluding carboxylic acids is 2. The van der Waals surface area contributed by atoms with Gasteiger partial charge in [0, 0.05) is 26.2 Å². The SMILES string of the molecule is O=C(Nc1ccc(N2CCCN(C(=O)c3ccccc3F)CC2)nc1)Nc1ccccc1Cl. The topological polar surface area (TPSA) is 77.6 Å². The van der Waals surface area contributed by atoms with Crippen molar-refractivity contribution in [2.45, 2.75) is 6.42 Å². The molecule has 0 unspecified atom stereocenters. The highest BCUT2D eigenvalue weighted by atomic mass is 35.5. The summed E-state index contributed by atoms with van der Waals surface area (Å²) in [6.45, 7) is 2.31. The van der Waals surface area contributed by atoms with Crippen molar-refractivity contribution < 1.29 is 14.0 Å². The van der Waals surface area contributed by atoms with Gasteiger partial charge < -0.3 is 20.4 Å². The number of hydrogen-bond donors (Lipinski definition) is 2. The van der Waals surface area contributed by atoms with E-state index >= 15 is 0 Å². The first-order chi connectivity index (χ1) is 16.0. The molecule has 1 saturated heterocycles. The van der Waals surface area contributed by atoms with Crippen molar-refractivity contribution in [1.29, 1.82) is 0 Å².